The van der Waals surface area contributed by atoms with Crippen molar-refractivity contribution in [2.24, 2.45) is 11.8 Å². The van der Waals surface area contributed by atoms with Crippen molar-refractivity contribution in [2.45, 2.75) is 115 Å². The largest absolute Gasteiger partial charge is 0.461 e. The van der Waals surface area contributed by atoms with Gasteiger partial charge in [0.1, 0.15) is 6.04 Å². The second kappa shape index (κ2) is 16.5. The molecule has 2 fully saturated rings. The lowest BCUT2D eigenvalue weighted by Gasteiger charge is -2.47. The number of benzene rings is 1. The van der Waals surface area contributed by atoms with Crippen LogP contribution in [0.25, 0.3) is 0 Å². The molecule has 2 amide bonds. The number of rotatable bonds is 14. The molecule has 2 aromatic rings. The van der Waals surface area contributed by atoms with Crippen molar-refractivity contribution in [3.8, 4) is 0 Å². The van der Waals surface area contributed by atoms with Crippen LogP contribution in [0, 0.1) is 11.8 Å². The molecule has 1 aromatic heterocycles. The third-order valence-corrected chi connectivity index (χ3v) is 12.9. The fourth-order valence-electron chi connectivity index (χ4n) is 6.94. The molecule has 0 radical (unpaired) electrons. The Hall–Kier alpha value is -3.07. The second-order valence-corrected chi connectivity index (χ2v) is 18.8. The van der Waals surface area contributed by atoms with Gasteiger partial charge in [-0.1, -0.05) is 49.6 Å². The van der Waals surface area contributed by atoms with Crippen LogP contribution in [-0.2, 0) is 30.6 Å². The molecule has 14 heteroatoms. The summed E-state index contributed by atoms with van der Waals surface area (Å²) in [6.07, 6.45) is 5.43. The maximum atomic E-state index is 14.3. The smallest absolute Gasteiger partial charge is 0.357 e. The number of carbonyl (C=O) groups excluding carboxylic acids is 3. The summed E-state index contributed by atoms with van der Waals surface area (Å²) in [5.41, 5.74) is 0.493. The average Bonchev–Trinajstić information content (AvgIpc) is 3.51. The van der Waals surface area contributed by atoms with Crippen LogP contribution in [0.3, 0.4) is 0 Å². The molecule has 2 heterocycles. The first-order valence-electron chi connectivity index (χ1n) is 17.6. The molecule has 1 saturated heterocycles. The van der Waals surface area contributed by atoms with Crippen LogP contribution < -0.4 is 16.0 Å². The van der Waals surface area contributed by atoms with Gasteiger partial charge in [0, 0.05) is 30.3 Å². The molecule has 1 aliphatic carbocycles. The molecule has 2 aliphatic rings. The maximum absolute atomic E-state index is 14.3. The number of piperidine rings is 1. The van der Waals surface area contributed by atoms with Crippen LogP contribution in [0.5, 0.6) is 0 Å². The molecular formula is C36H55N5O7S2. The van der Waals surface area contributed by atoms with Gasteiger partial charge in [0.15, 0.2) is 20.7 Å². The highest BCUT2D eigenvalue weighted by molar-refractivity contribution is 7.92. The summed E-state index contributed by atoms with van der Waals surface area (Å²) in [7, 11) is -3.82. The van der Waals surface area contributed by atoms with Crippen LogP contribution in [0.1, 0.15) is 89.7 Å². The summed E-state index contributed by atoms with van der Waals surface area (Å²) in [6, 6.07) is 6.85. The Morgan fingerprint density at radius 3 is 2.36 bits per heavy atom. The van der Waals surface area contributed by atoms with Crippen molar-refractivity contribution in [1.29, 1.82) is 0 Å². The van der Waals surface area contributed by atoms with Gasteiger partial charge in [0.25, 0.3) is 0 Å². The summed E-state index contributed by atoms with van der Waals surface area (Å²) >= 11 is 1.05. The number of anilines is 1. The van der Waals surface area contributed by atoms with Gasteiger partial charge in [-0.2, -0.15) is 0 Å². The Bertz CT molecular complexity index is 1570. The molecule has 0 unspecified atom stereocenters. The molecule has 278 valence electrons. The van der Waals surface area contributed by atoms with E-state index < -0.39 is 56.2 Å². The number of β-amino-alcohol motifs (C(OH)–C–C–N with tert-alkyl or cyclic N) is 1. The highest BCUT2D eigenvalue weighted by Gasteiger charge is 2.46. The van der Waals surface area contributed by atoms with Crippen molar-refractivity contribution in [2.75, 3.05) is 31.3 Å². The third kappa shape index (κ3) is 10.3. The SMILES string of the molecule is CCOC(=O)c1csc(N[C@H](C(=O)N[C@@H](Cc2ccccc2)[C@H](O)CN2C[C@H]3CCCC[C@H]3C[C@H]2C(=O)NC(C)(C)C)C(C)(C)S(C)(=O)=O)n1. The van der Waals surface area contributed by atoms with E-state index in [4.69, 9.17) is 4.74 Å². The number of sulfone groups is 1. The number of likely N-dealkylation sites (tertiary alicyclic amines) is 1. The van der Waals surface area contributed by atoms with Gasteiger partial charge in [-0.05, 0) is 78.2 Å². The summed E-state index contributed by atoms with van der Waals surface area (Å²) in [4.78, 5) is 46.5. The number of aliphatic hydroxyl groups is 1. The molecule has 6 atom stereocenters. The number of thiazole rings is 1. The zero-order chi connectivity index (χ0) is 36.9. The molecule has 12 nitrogen and oxygen atoms in total. The first kappa shape index (κ1) is 39.7. The van der Waals surface area contributed by atoms with E-state index in [0.29, 0.717) is 24.8 Å². The number of amides is 2. The zero-order valence-corrected chi connectivity index (χ0v) is 32.0. The van der Waals surface area contributed by atoms with Gasteiger partial charge >= 0.3 is 5.97 Å². The minimum absolute atomic E-state index is 0.0415. The average molecular weight is 734 g/mol. The van der Waals surface area contributed by atoms with Gasteiger partial charge in [-0.15, -0.1) is 11.3 Å². The molecule has 4 N–H and O–H groups in total. The van der Waals surface area contributed by atoms with Crippen molar-refractivity contribution >= 4 is 44.1 Å². The Labute approximate surface area is 301 Å². The van der Waals surface area contributed by atoms with E-state index in [2.05, 4.69) is 25.8 Å². The fraction of sp³-hybridized carbons (Fsp3) is 0.667. The normalized spacial score (nSPS) is 22.0. The topological polar surface area (TPSA) is 167 Å². The molecule has 4 rings (SSSR count). The minimum Gasteiger partial charge on any atom is -0.461 e. The summed E-state index contributed by atoms with van der Waals surface area (Å²) < 4.78 is 29.6. The van der Waals surface area contributed by atoms with Gasteiger partial charge in [0.2, 0.25) is 11.8 Å². The minimum atomic E-state index is -3.82. The first-order chi connectivity index (χ1) is 23.4. The number of aliphatic hydroxyl groups excluding tert-OH is 1. The number of nitrogens with zero attached hydrogens (tertiary/aromatic N) is 2. The van der Waals surface area contributed by atoms with Gasteiger partial charge in [-0.25, -0.2) is 18.2 Å². The Morgan fingerprint density at radius 2 is 1.74 bits per heavy atom. The number of fused-ring (bicyclic) bond motifs is 1. The molecule has 1 aromatic carbocycles. The Morgan fingerprint density at radius 1 is 1.08 bits per heavy atom. The highest BCUT2D eigenvalue weighted by Crippen LogP contribution is 2.39. The molecule has 1 saturated carbocycles. The van der Waals surface area contributed by atoms with Gasteiger partial charge in [0.05, 0.1) is 29.5 Å². The maximum Gasteiger partial charge on any atom is 0.357 e. The number of carbonyl (C=O) groups is 3. The van der Waals surface area contributed by atoms with Gasteiger partial charge < -0.3 is 25.8 Å². The number of aromatic nitrogens is 1. The van der Waals surface area contributed by atoms with Crippen molar-refractivity contribution in [3.05, 3.63) is 47.0 Å². The fourth-order valence-corrected chi connectivity index (χ4v) is 8.25. The summed E-state index contributed by atoms with van der Waals surface area (Å²) in [6.45, 7) is 11.4. The van der Waals surface area contributed by atoms with Crippen molar-refractivity contribution in [3.63, 3.8) is 0 Å². The van der Waals surface area contributed by atoms with E-state index in [0.717, 1.165) is 48.8 Å². The van der Waals surface area contributed by atoms with Gasteiger partial charge in [-0.3, -0.25) is 14.5 Å². The molecule has 1 aliphatic heterocycles. The van der Waals surface area contributed by atoms with Crippen molar-refractivity contribution < 1.29 is 32.6 Å². The molecule has 0 bridgehead atoms. The van der Waals surface area contributed by atoms with E-state index in [-0.39, 0.29) is 36.3 Å². The highest BCUT2D eigenvalue weighted by atomic mass is 32.2. The molecule has 50 heavy (non-hydrogen) atoms. The lowest BCUT2D eigenvalue weighted by atomic mass is 9.72. The van der Waals surface area contributed by atoms with Crippen LogP contribution in [0.15, 0.2) is 35.7 Å². The Kier molecular flexibility index (Phi) is 13.1. The first-order valence-corrected chi connectivity index (χ1v) is 20.3. The van der Waals surface area contributed by atoms with Crippen LogP contribution in [0.4, 0.5) is 5.13 Å². The molecular weight excluding hydrogens is 679 g/mol. The molecule has 0 spiro atoms. The lowest BCUT2D eigenvalue weighted by molar-refractivity contribution is -0.133. The van der Waals surface area contributed by atoms with E-state index in [1.54, 1.807) is 6.92 Å². The predicted octanol–water partition coefficient (Wildman–Crippen LogP) is 3.81. The van der Waals surface area contributed by atoms with Crippen LogP contribution in [-0.4, -0.2) is 102 Å². The quantitative estimate of drug-likeness (QED) is 0.210. The van der Waals surface area contributed by atoms with Crippen LogP contribution >= 0.6 is 11.3 Å². The van der Waals surface area contributed by atoms with Crippen LogP contribution in [0.2, 0.25) is 0 Å². The van der Waals surface area contributed by atoms with E-state index >= 15 is 0 Å². The third-order valence-electron chi connectivity index (χ3n) is 9.98. The number of nitrogens with one attached hydrogen (secondary N) is 3. The van der Waals surface area contributed by atoms with E-state index in [1.807, 2.05) is 51.1 Å². The second-order valence-electron chi connectivity index (χ2n) is 15.3. The van der Waals surface area contributed by atoms with E-state index in [9.17, 15) is 27.9 Å². The standard InChI is InChI=1S/C36H55N5O7S2/c1-8-48-33(45)27-22-49-34(38-27)39-30(36(5,6)50(7,46)47)32(44)37-26(18-23-14-10-9-11-15-23)29(42)21-41-20-25-17-13-12-16-24(25)19-28(41)31(43)40-35(2,3)4/h9-11,14-15,22,24-26,28-30,42H,8,12-13,16-21H2,1-7H3,(H,37,44)(H,38,39)(H,40,43)/t24-,25+,26-,28-,29+,30+/m0/s1. The Balaban J connectivity index is 1.63. The van der Waals surface area contributed by atoms with E-state index in [1.165, 1.54) is 19.2 Å². The number of ether oxygens (including phenoxy) is 1. The monoisotopic (exact) mass is 733 g/mol. The number of esters is 1. The number of hydrogen-bond donors (Lipinski definition) is 4. The predicted molar refractivity (Wildman–Crippen MR) is 196 cm³/mol. The summed E-state index contributed by atoms with van der Waals surface area (Å²) in [5.74, 6) is -0.465. The summed E-state index contributed by atoms with van der Waals surface area (Å²) in [5, 5.41) is 22.7. The zero-order valence-electron chi connectivity index (χ0n) is 30.4. The van der Waals surface area contributed by atoms with Crippen molar-refractivity contribution in [1.82, 2.24) is 20.5 Å². The lowest BCUT2D eigenvalue weighted by Crippen LogP contribution is -2.62. The number of hydrogen-bond acceptors (Lipinski definition) is 11.